The van der Waals surface area contributed by atoms with E-state index in [0.29, 0.717) is 4.90 Å². The van der Waals surface area contributed by atoms with Gasteiger partial charge in [0.1, 0.15) is 0 Å². The zero-order valence-corrected chi connectivity index (χ0v) is 9.52. The summed E-state index contributed by atoms with van der Waals surface area (Å²) in [5, 5.41) is 2.88. The fourth-order valence-corrected chi connectivity index (χ4v) is 3.06. The van der Waals surface area contributed by atoms with Gasteiger partial charge in [-0.3, -0.25) is 0 Å². The van der Waals surface area contributed by atoms with E-state index in [1.165, 1.54) is 0 Å². The Morgan fingerprint density at radius 3 is 2.31 bits per heavy atom. The van der Waals surface area contributed by atoms with Crippen molar-refractivity contribution in [2.24, 2.45) is 5.92 Å². The van der Waals surface area contributed by atoms with Gasteiger partial charge in [0.05, 0.1) is 10.6 Å². The van der Waals surface area contributed by atoms with Crippen molar-refractivity contribution in [3.8, 4) is 0 Å². The molecule has 1 aromatic rings. The van der Waals surface area contributed by atoms with E-state index in [1.54, 1.807) is 36.7 Å². The molecule has 4 heteroatoms. The molecule has 0 unspecified atom stereocenters. The minimum Gasteiger partial charge on any atom is -0.368 e. The maximum absolute atomic E-state index is 12.0. The first-order valence-electron chi connectivity index (χ1n) is 5.06. The summed E-state index contributed by atoms with van der Waals surface area (Å²) in [6, 6.07) is 8.54. The van der Waals surface area contributed by atoms with Crippen LogP contribution in [-0.4, -0.2) is 14.2 Å². The molecule has 0 aliphatic carbocycles. The summed E-state index contributed by atoms with van der Waals surface area (Å²) in [5.74, 6) is 0.0672. The largest absolute Gasteiger partial charge is 0.368 e. The zero-order valence-electron chi connectivity index (χ0n) is 8.71. The molecule has 0 atom stereocenters. The molecule has 0 radical (unpaired) electrons. The van der Waals surface area contributed by atoms with Crippen LogP contribution in [0, 0.1) is 5.92 Å². The average molecular weight is 235 g/mol. The van der Waals surface area contributed by atoms with E-state index >= 15 is 0 Å². The van der Waals surface area contributed by atoms with E-state index in [2.05, 4.69) is 5.32 Å². The molecule has 0 aromatic heterocycles. The van der Waals surface area contributed by atoms with Crippen LogP contribution in [0.5, 0.6) is 0 Å². The Morgan fingerprint density at radius 1 is 1.06 bits per heavy atom. The van der Waals surface area contributed by atoms with Crippen molar-refractivity contribution in [1.29, 1.82) is 0 Å². The second-order valence-electron chi connectivity index (χ2n) is 3.64. The highest BCUT2D eigenvalue weighted by molar-refractivity contribution is 7.91. The van der Waals surface area contributed by atoms with Gasteiger partial charge in [0.15, 0.2) is 9.84 Å². The summed E-state index contributed by atoms with van der Waals surface area (Å²) in [4.78, 5) is 0.385. The van der Waals surface area contributed by atoms with Gasteiger partial charge in [0, 0.05) is 5.92 Å². The predicted octanol–water partition coefficient (Wildman–Crippen LogP) is 1.71. The molecule has 2 rings (SSSR count). The van der Waals surface area contributed by atoms with E-state index in [0.717, 1.165) is 0 Å². The van der Waals surface area contributed by atoms with Gasteiger partial charge in [-0.15, -0.1) is 0 Å². The number of nitrogens with one attached hydrogen (secondary N) is 1. The van der Waals surface area contributed by atoms with Crippen molar-refractivity contribution < 1.29 is 8.42 Å². The second-order valence-corrected chi connectivity index (χ2v) is 5.68. The third-order valence-electron chi connectivity index (χ3n) is 2.39. The van der Waals surface area contributed by atoms with Gasteiger partial charge in [-0.2, -0.15) is 0 Å². The number of sulfone groups is 1. The van der Waals surface area contributed by atoms with Crippen molar-refractivity contribution in [2.75, 3.05) is 5.75 Å². The van der Waals surface area contributed by atoms with Gasteiger partial charge in [0.25, 0.3) is 0 Å². The number of hydrogen-bond acceptors (Lipinski definition) is 3. The standard InChI is InChI=1S/C12H13NO2S/c14-16(15,12-4-2-1-3-5-12)10-11-6-8-13-9-7-11/h1-9,11,13H,10H2. The number of allylic oxidation sites excluding steroid dienone is 2. The van der Waals surface area contributed by atoms with Crippen molar-refractivity contribution >= 4 is 9.84 Å². The van der Waals surface area contributed by atoms with Crippen LogP contribution in [0.3, 0.4) is 0 Å². The smallest absolute Gasteiger partial charge is 0.179 e. The van der Waals surface area contributed by atoms with E-state index in [1.807, 2.05) is 18.2 Å². The highest BCUT2D eigenvalue weighted by Crippen LogP contribution is 2.16. The number of hydrogen-bond donors (Lipinski definition) is 1. The molecule has 1 aliphatic rings. The van der Waals surface area contributed by atoms with Crippen LogP contribution in [0.4, 0.5) is 0 Å². The van der Waals surface area contributed by atoms with Crippen LogP contribution in [0.2, 0.25) is 0 Å². The monoisotopic (exact) mass is 235 g/mol. The summed E-state index contributed by atoms with van der Waals surface area (Å²) in [5.41, 5.74) is 0. The first-order valence-corrected chi connectivity index (χ1v) is 6.71. The summed E-state index contributed by atoms with van der Waals surface area (Å²) >= 11 is 0. The Balaban J connectivity index is 2.18. The Kier molecular flexibility index (Phi) is 3.10. The Labute approximate surface area is 95.4 Å². The molecule has 1 aliphatic heterocycles. The number of dihydropyridines is 1. The summed E-state index contributed by atoms with van der Waals surface area (Å²) in [6.07, 6.45) is 7.21. The summed E-state index contributed by atoms with van der Waals surface area (Å²) < 4.78 is 24.0. The molecule has 0 bridgehead atoms. The average Bonchev–Trinajstić information content (AvgIpc) is 2.31. The molecule has 0 saturated carbocycles. The summed E-state index contributed by atoms with van der Waals surface area (Å²) in [6.45, 7) is 0. The van der Waals surface area contributed by atoms with Crippen LogP contribution < -0.4 is 5.32 Å². The zero-order chi connectivity index (χ0) is 11.4. The minimum absolute atomic E-state index is 0.0496. The molecule has 0 spiro atoms. The Bertz CT molecular complexity index is 491. The van der Waals surface area contributed by atoms with Gasteiger partial charge in [-0.1, -0.05) is 30.4 Å². The minimum atomic E-state index is -3.19. The summed E-state index contributed by atoms with van der Waals surface area (Å²) in [7, 11) is -3.19. The fraction of sp³-hybridized carbons (Fsp3) is 0.167. The lowest BCUT2D eigenvalue weighted by molar-refractivity contribution is 0.591. The van der Waals surface area contributed by atoms with Crippen molar-refractivity contribution in [2.45, 2.75) is 4.90 Å². The van der Waals surface area contributed by atoms with Crippen LogP contribution in [0.15, 0.2) is 59.8 Å². The van der Waals surface area contributed by atoms with Crippen LogP contribution in [0.1, 0.15) is 0 Å². The van der Waals surface area contributed by atoms with Crippen LogP contribution >= 0.6 is 0 Å². The molecule has 3 nitrogen and oxygen atoms in total. The van der Waals surface area contributed by atoms with Gasteiger partial charge < -0.3 is 5.32 Å². The highest BCUT2D eigenvalue weighted by Gasteiger charge is 2.18. The van der Waals surface area contributed by atoms with Gasteiger partial charge >= 0.3 is 0 Å². The lowest BCUT2D eigenvalue weighted by atomic mass is 10.1. The second kappa shape index (κ2) is 4.53. The van der Waals surface area contributed by atoms with Crippen LogP contribution in [-0.2, 0) is 9.84 Å². The number of benzene rings is 1. The lowest BCUT2D eigenvalue weighted by Gasteiger charge is -2.11. The van der Waals surface area contributed by atoms with E-state index < -0.39 is 9.84 Å². The van der Waals surface area contributed by atoms with Crippen LogP contribution in [0.25, 0.3) is 0 Å². The maximum Gasteiger partial charge on any atom is 0.179 e. The first kappa shape index (κ1) is 11.0. The van der Waals surface area contributed by atoms with Crippen molar-refractivity contribution in [1.82, 2.24) is 5.32 Å². The maximum atomic E-state index is 12.0. The molecular formula is C12H13NO2S. The molecule has 16 heavy (non-hydrogen) atoms. The van der Waals surface area contributed by atoms with Crippen molar-refractivity contribution in [3.05, 3.63) is 54.9 Å². The van der Waals surface area contributed by atoms with Gasteiger partial charge in [0.2, 0.25) is 0 Å². The molecule has 84 valence electrons. The quantitative estimate of drug-likeness (QED) is 0.867. The lowest BCUT2D eigenvalue weighted by Crippen LogP contribution is -2.16. The molecule has 1 aromatic carbocycles. The highest BCUT2D eigenvalue weighted by atomic mass is 32.2. The molecule has 1 heterocycles. The molecule has 0 fully saturated rings. The predicted molar refractivity (Wildman–Crippen MR) is 63.4 cm³/mol. The third kappa shape index (κ3) is 2.52. The van der Waals surface area contributed by atoms with E-state index in [-0.39, 0.29) is 11.7 Å². The number of rotatable bonds is 3. The van der Waals surface area contributed by atoms with Gasteiger partial charge in [-0.25, -0.2) is 8.42 Å². The molecule has 0 saturated heterocycles. The Hall–Kier alpha value is -1.55. The Morgan fingerprint density at radius 2 is 1.69 bits per heavy atom. The molecule has 1 N–H and O–H groups in total. The van der Waals surface area contributed by atoms with Gasteiger partial charge in [-0.05, 0) is 24.5 Å². The molecule has 0 amide bonds. The van der Waals surface area contributed by atoms with E-state index in [4.69, 9.17) is 0 Å². The fourth-order valence-electron chi connectivity index (χ4n) is 1.57. The third-order valence-corrected chi connectivity index (χ3v) is 4.21. The molecular weight excluding hydrogens is 222 g/mol. The van der Waals surface area contributed by atoms with Crippen molar-refractivity contribution in [3.63, 3.8) is 0 Å². The normalized spacial score (nSPS) is 16.0. The van der Waals surface area contributed by atoms with E-state index in [9.17, 15) is 8.42 Å². The topological polar surface area (TPSA) is 46.2 Å². The SMILES string of the molecule is O=S(=O)(CC1C=CNC=C1)c1ccccc1. The first-order chi connectivity index (χ1) is 7.68.